The van der Waals surface area contributed by atoms with Crippen molar-refractivity contribution >= 4 is 0 Å². The van der Waals surface area contributed by atoms with Crippen LogP contribution in [0.4, 0.5) is 0 Å². The van der Waals surface area contributed by atoms with Gasteiger partial charge in [0.15, 0.2) is 0 Å². The van der Waals surface area contributed by atoms with Gasteiger partial charge in [0.25, 0.3) is 0 Å². The van der Waals surface area contributed by atoms with Crippen LogP contribution in [0.3, 0.4) is 0 Å². The molecule has 0 N–H and O–H groups in total. The van der Waals surface area contributed by atoms with Crippen molar-refractivity contribution in [2.75, 3.05) is 32.8 Å². The fraction of sp³-hybridized carbons (Fsp3) is 1.00. The van der Waals surface area contributed by atoms with Gasteiger partial charge in [-0.05, 0) is 25.9 Å². The maximum atomic E-state index is 5.75. The van der Waals surface area contributed by atoms with Crippen molar-refractivity contribution in [2.24, 2.45) is 0 Å². The zero-order valence-corrected chi connectivity index (χ0v) is 18.0. The fourth-order valence-corrected chi connectivity index (χ4v) is 3.43. The maximum Gasteiger partial charge on any atom is 0.0478 e. The smallest absolute Gasteiger partial charge is 0.0478 e. The first-order valence-corrected chi connectivity index (χ1v) is 11.6. The van der Waals surface area contributed by atoms with Gasteiger partial charge in [-0.15, -0.1) is 0 Å². The van der Waals surface area contributed by atoms with E-state index in [1.165, 1.54) is 103 Å². The molecule has 0 rings (SSSR count). The molecule has 0 aliphatic rings. The Balaban J connectivity index is 3.03. The van der Waals surface area contributed by atoms with E-state index in [-0.39, 0.29) is 0 Å². The van der Waals surface area contributed by atoms with E-state index < -0.39 is 0 Å². The van der Waals surface area contributed by atoms with Crippen molar-refractivity contribution in [1.82, 2.24) is 4.90 Å². The lowest BCUT2D eigenvalue weighted by atomic mass is 10.0. The van der Waals surface area contributed by atoms with Crippen molar-refractivity contribution in [2.45, 2.75) is 117 Å². The highest BCUT2D eigenvalue weighted by molar-refractivity contribution is 4.52. The average Bonchev–Trinajstić information content (AvgIpc) is 2.64. The first-order chi connectivity index (χ1) is 12.3. The van der Waals surface area contributed by atoms with E-state index in [4.69, 9.17) is 4.74 Å². The molecule has 2 heteroatoms. The molecule has 152 valence electrons. The van der Waals surface area contributed by atoms with Gasteiger partial charge in [-0.25, -0.2) is 0 Å². The minimum atomic E-state index is 0.939. The largest absolute Gasteiger partial charge is 0.381 e. The Morgan fingerprint density at radius 1 is 0.480 bits per heavy atom. The third-order valence-corrected chi connectivity index (χ3v) is 5.30. The van der Waals surface area contributed by atoms with Crippen LogP contribution in [0.1, 0.15) is 117 Å². The van der Waals surface area contributed by atoms with Crippen LogP contribution in [-0.4, -0.2) is 37.7 Å². The average molecular weight is 356 g/mol. The Kier molecular flexibility index (Phi) is 21.9. The molecular weight excluding hydrogens is 306 g/mol. The normalized spacial score (nSPS) is 11.5. The predicted octanol–water partition coefficient (Wildman–Crippen LogP) is 7.22. The van der Waals surface area contributed by atoms with Gasteiger partial charge >= 0.3 is 0 Å². The van der Waals surface area contributed by atoms with Crippen LogP contribution in [0.25, 0.3) is 0 Å². The molecule has 2 nitrogen and oxygen atoms in total. The molecule has 0 bridgehead atoms. The molecule has 0 radical (unpaired) electrons. The number of hydrogen-bond donors (Lipinski definition) is 0. The van der Waals surface area contributed by atoms with Crippen molar-refractivity contribution in [3.8, 4) is 0 Å². The summed E-state index contributed by atoms with van der Waals surface area (Å²) in [5.74, 6) is 0. The quantitative estimate of drug-likeness (QED) is 0.202. The lowest BCUT2D eigenvalue weighted by molar-refractivity contribution is 0.118. The Hall–Kier alpha value is -0.0800. The second-order valence-corrected chi connectivity index (χ2v) is 7.59. The van der Waals surface area contributed by atoms with Crippen LogP contribution >= 0.6 is 0 Å². The molecule has 0 atom stereocenters. The van der Waals surface area contributed by atoms with Crippen LogP contribution in [0.2, 0.25) is 0 Å². The molecule has 0 aromatic rings. The molecule has 0 fully saturated rings. The van der Waals surface area contributed by atoms with Crippen LogP contribution < -0.4 is 0 Å². The maximum absolute atomic E-state index is 5.75. The van der Waals surface area contributed by atoms with Gasteiger partial charge < -0.3 is 9.64 Å². The SMILES string of the molecule is CCCCCCCCCCCCCCCCOCCCN(CC)CC. The number of nitrogens with zero attached hydrogens (tertiary/aromatic N) is 1. The van der Waals surface area contributed by atoms with Gasteiger partial charge in [0.05, 0.1) is 0 Å². The molecular formula is C23H49NO. The Bertz CT molecular complexity index is 228. The predicted molar refractivity (Wildman–Crippen MR) is 114 cm³/mol. The van der Waals surface area contributed by atoms with Gasteiger partial charge in [-0.3, -0.25) is 0 Å². The third kappa shape index (κ3) is 20.1. The summed E-state index contributed by atoms with van der Waals surface area (Å²) < 4.78 is 5.75. The lowest BCUT2D eigenvalue weighted by Crippen LogP contribution is -2.24. The molecule has 0 aromatic heterocycles. The molecule has 0 heterocycles. The Labute approximate surface area is 160 Å². The van der Waals surface area contributed by atoms with Gasteiger partial charge in [-0.2, -0.15) is 0 Å². The summed E-state index contributed by atoms with van der Waals surface area (Å²) in [6.07, 6.45) is 21.1. The number of hydrogen-bond acceptors (Lipinski definition) is 2. The topological polar surface area (TPSA) is 12.5 Å². The van der Waals surface area contributed by atoms with E-state index in [2.05, 4.69) is 25.7 Å². The molecule has 0 aromatic carbocycles. The molecule has 25 heavy (non-hydrogen) atoms. The van der Waals surface area contributed by atoms with E-state index in [9.17, 15) is 0 Å². The van der Waals surface area contributed by atoms with E-state index in [0.29, 0.717) is 0 Å². The molecule has 0 aliphatic heterocycles. The second-order valence-electron chi connectivity index (χ2n) is 7.59. The minimum Gasteiger partial charge on any atom is -0.381 e. The Morgan fingerprint density at radius 2 is 0.880 bits per heavy atom. The highest BCUT2D eigenvalue weighted by Gasteiger charge is 1.98. The molecule has 0 amide bonds. The highest BCUT2D eigenvalue weighted by Crippen LogP contribution is 2.12. The van der Waals surface area contributed by atoms with Crippen molar-refractivity contribution in [3.05, 3.63) is 0 Å². The van der Waals surface area contributed by atoms with Crippen LogP contribution in [-0.2, 0) is 4.74 Å². The summed E-state index contributed by atoms with van der Waals surface area (Å²) in [7, 11) is 0. The minimum absolute atomic E-state index is 0.939. The first-order valence-electron chi connectivity index (χ1n) is 11.6. The van der Waals surface area contributed by atoms with E-state index in [1.54, 1.807) is 0 Å². The molecule has 0 unspecified atom stereocenters. The van der Waals surface area contributed by atoms with Crippen LogP contribution in [0.15, 0.2) is 0 Å². The summed E-state index contributed by atoms with van der Waals surface area (Å²) in [4.78, 5) is 2.47. The Morgan fingerprint density at radius 3 is 1.32 bits per heavy atom. The molecule has 0 aliphatic carbocycles. The number of unbranched alkanes of at least 4 members (excludes halogenated alkanes) is 13. The summed E-state index contributed by atoms with van der Waals surface area (Å²) in [6.45, 7) is 12.2. The summed E-state index contributed by atoms with van der Waals surface area (Å²) in [6, 6.07) is 0. The highest BCUT2D eigenvalue weighted by atomic mass is 16.5. The standard InChI is InChI=1S/C23H49NO/c1-4-7-8-9-10-11-12-13-14-15-16-17-18-19-22-25-23-20-21-24(5-2)6-3/h4-23H2,1-3H3. The number of rotatable bonds is 21. The summed E-state index contributed by atoms with van der Waals surface area (Å²) in [5.41, 5.74) is 0. The van der Waals surface area contributed by atoms with E-state index >= 15 is 0 Å². The van der Waals surface area contributed by atoms with Crippen molar-refractivity contribution in [1.29, 1.82) is 0 Å². The van der Waals surface area contributed by atoms with Crippen LogP contribution in [0, 0.1) is 0 Å². The molecule has 0 spiro atoms. The molecule has 0 saturated heterocycles. The van der Waals surface area contributed by atoms with E-state index in [1.807, 2.05) is 0 Å². The lowest BCUT2D eigenvalue weighted by Gasteiger charge is -2.17. The van der Waals surface area contributed by atoms with Crippen LogP contribution in [0.5, 0.6) is 0 Å². The monoisotopic (exact) mass is 355 g/mol. The van der Waals surface area contributed by atoms with Crippen molar-refractivity contribution < 1.29 is 4.74 Å². The first kappa shape index (κ1) is 24.9. The number of ether oxygens (including phenoxy) is 1. The van der Waals surface area contributed by atoms with Gasteiger partial charge in [0, 0.05) is 19.8 Å². The summed E-state index contributed by atoms with van der Waals surface area (Å²) in [5, 5.41) is 0. The zero-order chi connectivity index (χ0) is 18.4. The fourth-order valence-electron chi connectivity index (χ4n) is 3.43. The van der Waals surface area contributed by atoms with Gasteiger partial charge in [0.2, 0.25) is 0 Å². The van der Waals surface area contributed by atoms with E-state index in [0.717, 1.165) is 26.3 Å². The molecule has 0 saturated carbocycles. The second kappa shape index (κ2) is 22.0. The van der Waals surface area contributed by atoms with Gasteiger partial charge in [-0.1, -0.05) is 104 Å². The summed E-state index contributed by atoms with van der Waals surface area (Å²) >= 11 is 0. The van der Waals surface area contributed by atoms with Gasteiger partial charge in [0.1, 0.15) is 0 Å². The van der Waals surface area contributed by atoms with Crippen molar-refractivity contribution in [3.63, 3.8) is 0 Å². The zero-order valence-electron chi connectivity index (χ0n) is 18.0. The third-order valence-electron chi connectivity index (χ3n) is 5.30.